The Balaban J connectivity index is 1.66. The topological polar surface area (TPSA) is 70.5 Å². The molecular weight excluding hydrogens is 348 g/mol. The van der Waals surface area contributed by atoms with E-state index < -0.39 is 5.97 Å². The summed E-state index contributed by atoms with van der Waals surface area (Å²) in [4.78, 5) is 31.2. The van der Waals surface area contributed by atoms with E-state index in [9.17, 15) is 9.59 Å². The van der Waals surface area contributed by atoms with Crippen LogP contribution >= 0.6 is 11.3 Å². The van der Waals surface area contributed by atoms with E-state index in [-0.39, 0.29) is 5.91 Å². The van der Waals surface area contributed by atoms with Gasteiger partial charge in [0.25, 0.3) is 5.91 Å². The minimum Gasteiger partial charge on any atom is -0.478 e. The third-order valence-corrected chi connectivity index (χ3v) is 6.22. The number of carbonyl (C=O) groups is 2. The number of hydrogen-bond acceptors (Lipinski definition) is 4. The maximum atomic E-state index is 12.9. The van der Waals surface area contributed by atoms with Crippen molar-refractivity contribution in [1.82, 2.24) is 9.88 Å². The van der Waals surface area contributed by atoms with Gasteiger partial charge in [0.1, 0.15) is 4.88 Å². The average Bonchev–Trinajstić information content (AvgIpc) is 3.21. The maximum Gasteiger partial charge on any atom is 0.335 e. The van der Waals surface area contributed by atoms with Gasteiger partial charge in [0.05, 0.1) is 16.3 Å². The molecule has 1 unspecified atom stereocenters. The molecule has 26 heavy (non-hydrogen) atoms. The molecular formula is C20H24N2O3S. The van der Waals surface area contributed by atoms with Crippen LogP contribution in [0, 0.1) is 12.8 Å². The van der Waals surface area contributed by atoms with Crippen LogP contribution in [0.2, 0.25) is 0 Å². The number of nitrogens with zero attached hydrogens (tertiary/aromatic N) is 2. The van der Waals surface area contributed by atoms with Crippen LogP contribution in [0.3, 0.4) is 0 Å². The molecule has 2 heterocycles. The molecule has 1 amide bonds. The Hall–Kier alpha value is -2.21. The van der Waals surface area contributed by atoms with Crippen molar-refractivity contribution in [2.75, 3.05) is 13.1 Å². The highest BCUT2D eigenvalue weighted by Gasteiger charge is 2.29. The lowest BCUT2D eigenvalue weighted by atomic mass is 9.97. The standard InChI is InChI=1S/C20H24N2O3S/c1-12(2)18-21-13(3)17(26-18)19(23)22-8-7-15(11-22)9-14-5-4-6-16(10-14)20(24)25/h4-6,10,12,15H,7-9,11H2,1-3H3,(H,24,25). The van der Waals surface area contributed by atoms with Gasteiger partial charge >= 0.3 is 5.97 Å². The van der Waals surface area contributed by atoms with Crippen LogP contribution in [0.5, 0.6) is 0 Å². The summed E-state index contributed by atoms with van der Waals surface area (Å²) in [7, 11) is 0. The fourth-order valence-corrected chi connectivity index (χ4v) is 4.39. The van der Waals surface area contributed by atoms with E-state index in [0.29, 0.717) is 23.9 Å². The third kappa shape index (κ3) is 3.96. The lowest BCUT2D eigenvalue weighted by molar-refractivity contribution is 0.0696. The Kier molecular flexibility index (Phi) is 5.41. The lowest BCUT2D eigenvalue weighted by Gasteiger charge is -2.16. The molecule has 0 aliphatic carbocycles. The van der Waals surface area contributed by atoms with Gasteiger partial charge in [-0.25, -0.2) is 9.78 Å². The number of carboxylic acids is 1. The van der Waals surface area contributed by atoms with Crippen molar-refractivity contribution in [2.24, 2.45) is 5.92 Å². The number of aromatic carboxylic acids is 1. The van der Waals surface area contributed by atoms with E-state index in [1.165, 1.54) is 11.3 Å². The second kappa shape index (κ2) is 7.58. The number of hydrogen-bond donors (Lipinski definition) is 1. The van der Waals surface area contributed by atoms with E-state index in [4.69, 9.17) is 5.11 Å². The SMILES string of the molecule is Cc1nc(C(C)C)sc1C(=O)N1CCC(Cc2cccc(C(=O)O)c2)C1. The van der Waals surface area contributed by atoms with Gasteiger partial charge in [0.15, 0.2) is 0 Å². The molecule has 1 N–H and O–H groups in total. The van der Waals surface area contributed by atoms with Gasteiger partial charge in [-0.1, -0.05) is 26.0 Å². The van der Waals surface area contributed by atoms with E-state index in [0.717, 1.165) is 40.5 Å². The molecule has 1 atom stereocenters. The Morgan fingerprint density at radius 2 is 2.15 bits per heavy atom. The highest BCUT2D eigenvalue weighted by atomic mass is 32.1. The summed E-state index contributed by atoms with van der Waals surface area (Å²) >= 11 is 1.51. The van der Waals surface area contributed by atoms with E-state index in [2.05, 4.69) is 18.8 Å². The van der Waals surface area contributed by atoms with Crippen LogP contribution in [-0.4, -0.2) is 40.0 Å². The largest absolute Gasteiger partial charge is 0.478 e. The van der Waals surface area contributed by atoms with Crippen LogP contribution in [0.1, 0.15) is 62.5 Å². The number of benzene rings is 1. The normalized spacial score (nSPS) is 17.1. The summed E-state index contributed by atoms with van der Waals surface area (Å²) in [5, 5.41) is 10.1. The molecule has 2 aromatic rings. The fourth-order valence-electron chi connectivity index (χ4n) is 3.35. The minimum atomic E-state index is -0.906. The zero-order chi connectivity index (χ0) is 18.8. The van der Waals surface area contributed by atoms with Crippen molar-refractivity contribution < 1.29 is 14.7 Å². The zero-order valence-electron chi connectivity index (χ0n) is 15.4. The van der Waals surface area contributed by atoms with Gasteiger partial charge in [-0.05, 0) is 43.4 Å². The average molecular weight is 372 g/mol. The number of amides is 1. The number of aromatic nitrogens is 1. The van der Waals surface area contributed by atoms with E-state index in [1.54, 1.807) is 18.2 Å². The Bertz CT molecular complexity index is 828. The van der Waals surface area contributed by atoms with Gasteiger partial charge in [0.2, 0.25) is 0 Å². The monoisotopic (exact) mass is 372 g/mol. The van der Waals surface area contributed by atoms with Crippen LogP contribution < -0.4 is 0 Å². The summed E-state index contributed by atoms with van der Waals surface area (Å²) in [6.07, 6.45) is 1.74. The van der Waals surface area contributed by atoms with Crippen molar-refractivity contribution in [3.8, 4) is 0 Å². The smallest absolute Gasteiger partial charge is 0.335 e. The quantitative estimate of drug-likeness (QED) is 0.862. The summed E-state index contributed by atoms with van der Waals surface area (Å²) in [5.41, 5.74) is 2.15. The van der Waals surface area contributed by atoms with Crippen LogP contribution in [0.4, 0.5) is 0 Å². The Labute approximate surface area is 157 Å². The predicted molar refractivity (Wildman–Crippen MR) is 102 cm³/mol. The summed E-state index contributed by atoms with van der Waals surface area (Å²) in [6, 6.07) is 7.08. The van der Waals surface area contributed by atoms with E-state index in [1.807, 2.05) is 17.9 Å². The molecule has 1 aromatic heterocycles. The number of carboxylic acid groups (broad SMARTS) is 1. The Morgan fingerprint density at radius 1 is 1.38 bits per heavy atom. The van der Waals surface area contributed by atoms with Gasteiger partial charge in [-0.3, -0.25) is 4.79 Å². The zero-order valence-corrected chi connectivity index (χ0v) is 16.2. The molecule has 3 rings (SSSR count). The first-order chi connectivity index (χ1) is 12.3. The molecule has 1 saturated heterocycles. The number of carbonyl (C=O) groups excluding carboxylic acids is 1. The van der Waals surface area contributed by atoms with Crippen LogP contribution in [0.25, 0.3) is 0 Å². The van der Waals surface area contributed by atoms with Gasteiger partial charge in [-0.15, -0.1) is 11.3 Å². The van der Waals surface area contributed by atoms with E-state index >= 15 is 0 Å². The first-order valence-corrected chi connectivity index (χ1v) is 9.75. The first kappa shape index (κ1) is 18.6. The minimum absolute atomic E-state index is 0.0775. The Morgan fingerprint density at radius 3 is 2.81 bits per heavy atom. The van der Waals surface area contributed by atoms with Gasteiger partial charge in [-0.2, -0.15) is 0 Å². The highest BCUT2D eigenvalue weighted by molar-refractivity contribution is 7.13. The summed E-state index contributed by atoms with van der Waals surface area (Å²) < 4.78 is 0. The fraction of sp³-hybridized carbons (Fsp3) is 0.450. The summed E-state index contributed by atoms with van der Waals surface area (Å²) in [6.45, 7) is 7.54. The van der Waals surface area contributed by atoms with Gasteiger partial charge in [0, 0.05) is 19.0 Å². The lowest BCUT2D eigenvalue weighted by Crippen LogP contribution is -2.28. The van der Waals surface area contributed by atoms with Crippen molar-refractivity contribution in [2.45, 2.75) is 39.5 Å². The summed E-state index contributed by atoms with van der Waals surface area (Å²) in [5.74, 6) is -0.140. The number of likely N-dealkylation sites (tertiary alicyclic amines) is 1. The van der Waals surface area contributed by atoms with Crippen molar-refractivity contribution in [3.05, 3.63) is 51.0 Å². The molecule has 6 heteroatoms. The van der Waals surface area contributed by atoms with Crippen molar-refractivity contribution in [1.29, 1.82) is 0 Å². The number of rotatable bonds is 5. The molecule has 1 aliphatic rings. The second-order valence-corrected chi connectivity index (χ2v) is 8.27. The molecule has 1 fully saturated rings. The molecule has 0 bridgehead atoms. The second-order valence-electron chi connectivity index (χ2n) is 7.24. The molecule has 138 valence electrons. The van der Waals surface area contributed by atoms with Crippen molar-refractivity contribution in [3.63, 3.8) is 0 Å². The van der Waals surface area contributed by atoms with Crippen LogP contribution in [0.15, 0.2) is 24.3 Å². The van der Waals surface area contributed by atoms with Crippen molar-refractivity contribution >= 4 is 23.2 Å². The molecule has 1 aliphatic heterocycles. The maximum absolute atomic E-state index is 12.9. The predicted octanol–water partition coefficient (Wildman–Crippen LogP) is 3.98. The first-order valence-electron chi connectivity index (χ1n) is 8.94. The van der Waals surface area contributed by atoms with Gasteiger partial charge < -0.3 is 10.0 Å². The number of thiazole rings is 1. The molecule has 5 nitrogen and oxygen atoms in total. The molecule has 0 spiro atoms. The highest BCUT2D eigenvalue weighted by Crippen LogP contribution is 2.28. The number of aryl methyl sites for hydroxylation is 1. The molecule has 1 aromatic carbocycles. The third-order valence-electron chi connectivity index (χ3n) is 4.77. The van der Waals surface area contributed by atoms with Crippen LogP contribution in [-0.2, 0) is 6.42 Å². The molecule has 0 saturated carbocycles. The molecule has 0 radical (unpaired) electrons.